The summed E-state index contributed by atoms with van der Waals surface area (Å²) in [6.07, 6.45) is 8.77. The molecule has 0 radical (unpaired) electrons. The molecule has 0 bridgehead atoms. The SMILES string of the molecule is CC.O=c1c(Cl)c(NC(O)(O)C2CCCOC2)cnn1C1CCN(Sc2ccc(C3CC3)cn2)CC1. The second kappa shape index (κ2) is 12.2. The van der Waals surface area contributed by atoms with Crippen molar-refractivity contribution in [1.82, 2.24) is 19.1 Å². The van der Waals surface area contributed by atoms with Crippen molar-refractivity contribution >= 4 is 29.2 Å². The van der Waals surface area contributed by atoms with E-state index in [2.05, 4.69) is 31.8 Å². The highest BCUT2D eigenvalue weighted by molar-refractivity contribution is 7.97. The second-order valence-electron chi connectivity index (χ2n) is 9.34. The first-order valence-corrected chi connectivity index (χ1v) is 14.0. The van der Waals surface area contributed by atoms with E-state index in [1.165, 1.54) is 29.3 Å². The molecule has 3 aliphatic rings. The maximum atomic E-state index is 12.9. The number of pyridine rings is 1. The molecule has 1 aliphatic carbocycles. The summed E-state index contributed by atoms with van der Waals surface area (Å²) >= 11 is 7.97. The van der Waals surface area contributed by atoms with Crippen molar-refractivity contribution in [2.24, 2.45) is 5.92 Å². The maximum absolute atomic E-state index is 12.9. The zero-order valence-electron chi connectivity index (χ0n) is 20.9. The summed E-state index contributed by atoms with van der Waals surface area (Å²) in [7, 11) is 0. The molecule has 1 saturated carbocycles. The fraction of sp³-hybridized carbons (Fsp3) is 0.640. The number of anilines is 1. The number of rotatable bonds is 7. The molecule has 9 nitrogen and oxygen atoms in total. The van der Waals surface area contributed by atoms with Crippen LogP contribution < -0.4 is 10.9 Å². The fourth-order valence-corrected chi connectivity index (χ4v) is 5.63. The number of nitrogens with zero attached hydrogens (tertiary/aromatic N) is 4. The molecule has 1 atom stereocenters. The Labute approximate surface area is 221 Å². The number of aliphatic hydroxyl groups is 2. The highest BCUT2D eigenvalue weighted by Crippen LogP contribution is 2.40. The molecule has 2 aliphatic heterocycles. The Morgan fingerprint density at radius 1 is 1.14 bits per heavy atom. The largest absolute Gasteiger partial charge is 0.381 e. The van der Waals surface area contributed by atoms with Crippen LogP contribution in [0, 0.1) is 5.92 Å². The van der Waals surface area contributed by atoms with Crippen LogP contribution in [0.2, 0.25) is 5.02 Å². The minimum absolute atomic E-state index is 0.0687. The predicted octanol–water partition coefficient (Wildman–Crippen LogP) is 4.02. The maximum Gasteiger partial charge on any atom is 0.287 e. The van der Waals surface area contributed by atoms with Crippen molar-refractivity contribution < 1.29 is 14.9 Å². The summed E-state index contributed by atoms with van der Waals surface area (Å²) in [5.74, 6) is -2.06. The van der Waals surface area contributed by atoms with Gasteiger partial charge < -0.3 is 20.3 Å². The quantitative estimate of drug-likeness (QED) is 0.356. The second-order valence-corrected chi connectivity index (χ2v) is 10.8. The zero-order chi connectivity index (χ0) is 25.7. The number of nitrogens with one attached hydrogen (secondary N) is 1. The van der Waals surface area contributed by atoms with Crippen LogP contribution in [0.3, 0.4) is 0 Å². The third kappa shape index (κ3) is 6.59. The summed E-state index contributed by atoms with van der Waals surface area (Å²) in [5.41, 5.74) is 0.994. The van der Waals surface area contributed by atoms with E-state index in [0.717, 1.165) is 37.4 Å². The van der Waals surface area contributed by atoms with Gasteiger partial charge in [-0.1, -0.05) is 31.5 Å². The van der Waals surface area contributed by atoms with Crippen LogP contribution >= 0.6 is 23.5 Å². The van der Waals surface area contributed by atoms with Gasteiger partial charge in [0.2, 0.25) is 5.91 Å². The smallest absolute Gasteiger partial charge is 0.287 e. The summed E-state index contributed by atoms with van der Waals surface area (Å²) in [5, 5.41) is 28.7. The lowest BCUT2D eigenvalue weighted by molar-refractivity contribution is -0.199. The Kier molecular flexibility index (Phi) is 9.29. The van der Waals surface area contributed by atoms with Gasteiger partial charge in [-0.3, -0.25) is 4.79 Å². The van der Waals surface area contributed by atoms with Gasteiger partial charge in [0.25, 0.3) is 5.56 Å². The molecule has 5 rings (SSSR count). The summed E-state index contributed by atoms with van der Waals surface area (Å²) < 4.78 is 9.01. The van der Waals surface area contributed by atoms with E-state index in [1.54, 1.807) is 11.9 Å². The molecule has 0 aromatic carbocycles. The van der Waals surface area contributed by atoms with Gasteiger partial charge in [-0.15, -0.1) is 0 Å². The monoisotopic (exact) mass is 537 g/mol. The van der Waals surface area contributed by atoms with E-state index in [-0.39, 0.29) is 23.4 Å². The molecule has 3 fully saturated rings. The van der Waals surface area contributed by atoms with Gasteiger partial charge in [-0.2, -0.15) is 5.10 Å². The van der Waals surface area contributed by atoms with Gasteiger partial charge in [0.15, 0.2) is 0 Å². The van der Waals surface area contributed by atoms with E-state index in [1.807, 2.05) is 20.0 Å². The Morgan fingerprint density at radius 2 is 1.89 bits per heavy atom. The minimum atomic E-state index is -2.24. The number of ether oxygens (including phenoxy) is 1. The third-order valence-corrected chi connectivity index (χ3v) is 8.21. The molecule has 3 N–H and O–H groups in total. The molecule has 11 heteroatoms. The van der Waals surface area contributed by atoms with Gasteiger partial charge in [0.05, 0.1) is 30.5 Å². The molecular weight excluding hydrogens is 502 g/mol. The van der Waals surface area contributed by atoms with E-state index in [0.29, 0.717) is 18.9 Å². The lowest BCUT2D eigenvalue weighted by atomic mass is 9.98. The number of hydrogen-bond acceptors (Lipinski definition) is 9. The van der Waals surface area contributed by atoms with Crippen molar-refractivity contribution in [3.05, 3.63) is 45.5 Å². The summed E-state index contributed by atoms with van der Waals surface area (Å²) in [6.45, 7) is 6.42. The van der Waals surface area contributed by atoms with Gasteiger partial charge in [0.1, 0.15) is 10.0 Å². The molecule has 0 spiro atoms. The van der Waals surface area contributed by atoms with Crippen LogP contribution in [0.5, 0.6) is 0 Å². The number of hydrogen-bond donors (Lipinski definition) is 3. The number of piperidine rings is 1. The molecule has 2 aromatic heterocycles. The van der Waals surface area contributed by atoms with Gasteiger partial charge in [-0.25, -0.2) is 14.0 Å². The van der Waals surface area contributed by atoms with Crippen LogP contribution in [-0.4, -0.2) is 61.5 Å². The van der Waals surface area contributed by atoms with Gasteiger partial charge in [-0.05, 0) is 68.0 Å². The average Bonchev–Trinajstić information content (AvgIpc) is 3.75. The average molecular weight is 538 g/mol. The van der Waals surface area contributed by atoms with Gasteiger partial charge in [0, 0.05) is 25.9 Å². The highest BCUT2D eigenvalue weighted by atomic mass is 35.5. The normalized spacial score (nSPS) is 21.5. The Hall–Kier alpha value is -1.69. The molecule has 0 amide bonds. The van der Waals surface area contributed by atoms with E-state index < -0.39 is 17.4 Å². The molecule has 4 heterocycles. The molecule has 2 aromatic rings. The van der Waals surface area contributed by atoms with E-state index >= 15 is 0 Å². The molecule has 2 saturated heterocycles. The first kappa shape index (κ1) is 27.3. The van der Waals surface area contributed by atoms with Crippen molar-refractivity contribution in [3.8, 4) is 0 Å². The lowest BCUT2D eigenvalue weighted by Crippen LogP contribution is -2.49. The third-order valence-electron chi connectivity index (χ3n) is 6.79. The Balaban J connectivity index is 0.00000148. The summed E-state index contributed by atoms with van der Waals surface area (Å²) in [4.78, 5) is 17.5. The number of aromatic nitrogens is 3. The van der Waals surface area contributed by atoms with Crippen LogP contribution in [0.25, 0.3) is 0 Å². The van der Waals surface area contributed by atoms with E-state index in [4.69, 9.17) is 16.3 Å². The molecular formula is C25H36ClN5O4S. The first-order chi connectivity index (χ1) is 17.4. The van der Waals surface area contributed by atoms with Gasteiger partial charge >= 0.3 is 0 Å². The van der Waals surface area contributed by atoms with Crippen molar-refractivity contribution in [3.63, 3.8) is 0 Å². The number of halogens is 1. The topological polar surface area (TPSA) is 113 Å². The van der Waals surface area contributed by atoms with E-state index in [9.17, 15) is 15.0 Å². The summed E-state index contributed by atoms with van der Waals surface area (Å²) in [6, 6.07) is 4.19. The lowest BCUT2D eigenvalue weighted by Gasteiger charge is -2.35. The molecule has 36 heavy (non-hydrogen) atoms. The highest BCUT2D eigenvalue weighted by Gasteiger charge is 2.37. The fourth-order valence-electron chi connectivity index (χ4n) is 4.56. The predicted molar refractivity (Wildman–Crippen MR) is 141 cm³/mol. The van der Waals surface area contributed by atoms with Crippen LogP contribution in [-0.2, 0) is 4.74 Å². The first-order valence-electron chi connectivity index (χ1n) is 12.9. The minimum Gasteiger partial charge on any atom is -0.381 e. The van der Waals surface area contributed by atoms with Crippen molar-refractivity contribution in [2.75, 3.05) is 31.6 Å². The zero-order valence-corrected chi connectivity index (χ0v) is 22.5. The standard InChI is InChI=1S/C23H30ClN5O4S.C2H6/c24-21-19(27-23(31,32)17-2-1-11-33-14-17)13-26-29(22(21)30)18-7-9-28(10-8-18)34-20-6-5-16(12-25-20)15-3-4-15;1-2/h5-6,12-13,15,17-18,27,31-32H,1-4,7-11,14H2;1-2H3. The Morgan fingerprint density at radius 3 is 2.50 bits per heavy atom. The molecule has 198 valence electrons. The van der Waals surface area contributed by atoms with Crippen LogP contribution in [0.15, 0.2) is 34.3 Å². The van der Waals surface area contributed by atoms with Crippen molar-refractivity contribution in [1.29, 1.82) is 0 Å². The molecule has 1 unspecified atom stereocenters. The van der Waals surface area contributed by atoms with Crippen LogP contribution in [0.4, 0.5) is 5.69 Å². The van der Waals surface area contributed by atoms with Crippen LogP contribution in [0.1, 0.15) is 69.9 Å². The van der Waals surface area contributed by atoms with Crippen molar-refractivity contribution in [2.45, 2.75) is 75.3 Å². The Bertz CT molecular complexity index is 1050.